The molecule has 0 radical (unpaired) electrons. The van der Waals surface area contributed by atoms with E-state index < -0.39 is 22.1 Å². The average molecular weight is 450 g/mol. The van der Waals surface area contributed by atoms with Crippen molar-refractivity contribution in [2.45, 2.75) is 31.5 Å². The first-order chi connectivity index (χ1) is 12.9. The van der Waals surface area contributed by atoms with Crippen molar-refractivity contribution in [2.75, 3.05) is 0 Å². The average Bonchev–Trinajstić information content (AvgIpc) is 3.12. The highest BCUT2D eigenvalue weighted by Crippen LogP contribution is 2.33. The van der Waals surface area contributed by atoms with Gasteiger partial charge in [0, 0.05) is 17.4 Å². The summed E-state index contributed by atoms with van der Waals surface area (Å²) in [4.78, 5) is 9.36. The van der Waals surface area contributed by atoms with E-state index in [0.717, 1.165) is 33.8 Å². The van der Waals surface area contributed by atoms with Crippen LogP contribution in [0.25, 0.3) is 10.6 Å². The van der Waals surface area contributed by atoms with Crippen molar-refractivity contribution in [2.24, 2.45) is 5.14 Å². The minimum Gasteiger partial charge on any atom is -0.405 e. The van der Waals surface area contributed by atoms with E-state index in [-0.39, 0.29) is 16.9 Å². The van der Waals surface area contributed by atoms with Crippen LogP contribution in [-0.4, -0.2) is 24.7 Å². The number of thiazole rings is 2. The molecular formula is C16H14F3N3O3S3. The summed E-state index contributed by atoms with van der Waals surface area (Å²) in [5.74, 6) is -0.499. The van der Waals surface area contributed by atoms with Crippen LogP contribution < -0.4 is 9.88 Å². The third kappa shape index (κ3) is 4.87. The number of halogens is 3. The highest BCUT2D eigenvalue weighted by atomic mass is 32.2. The lowest BCUT2D eigenvalue weighted by molar-refractivity contribution is -0.274. The maximum absolute atomic E-state index is 12.7. The van der Waals surface area contributed by atoms with E-state index in [1.807, 2.05) is 13.8 Å². The van der Waals surface area contributed by atoms with Gasteiger partial charge in [-0.1, -0.05) is 0 Å². The Morgan fingerprint density at radius 2 is 1.93 bits per heavy atom. The number of primary sulfonamides is 1. The second kappa shape index (κ2) is 7.43. The van der Waals surface area contributed by atoms with Crippen LogP contribution in [-0.2, 0) is 16.4 Å². The first-order valence-corrected chi connectivity index (χ1v) is 11.0. The fraction of sp³-hybridized carbons (Fsp3) is 0.250. The van der Waals surface area contributed by atoms with E-state index in [1.54, 1.807) is 5.38 Å². The van der Waals surface area contributed by atoms with E-state index in [2.05, 4.69) is 14.7 Å². The lowest BCUT2D eigenvalue weighted by Crippen LogP contribution is -2.19. The first kappa shape index (κ1) is 20.7. The maximum atomic E-state index is 12.7. The summed E-state index contributed by atoms with van der Waals surface area (Å²) in [6.45, 7) is 3.72. The molecule has 0 aliphatic rings. The van der Waals surface area contributed by atoms with Crippen LogP contribution >= 0.6 is 22.7 Å². The summed E-state index contributed by atoms with van der Waals surface area (Å²) < 4.78 is 65.2. The van der Waals surface area contributed by atoms with Gasteiger partial charge in [0.15, 0.2) is 0 Å². The van der Waals surface area contributed by atoms with Crippen LogP contribution in [0.3, 0.4) is 0 Å². The monoisotopic (exact) mass is 449 g/mol. The molecule has 28 heavy (non-hydrogen) atoms. The van der Waals surface area contributed by atoms with Gasteiger partial charge in [-0.3, -0.25) is 0 Å². The van der Waals surface area contributed by atoms with Crippen LogP contribution in [0.1, 0.15) is 21.3 Å². The summed E-state index contributed by atoms with van der Waals surface area (Å²) in [6, 6.07) is 2.98. The third-order valence-corrected chi connectivity index (χ3v) is 6.47. The van der Waals surface area contributed by atoms with Crippen LogP contribution in [0.5, 0.6) is 5.75 Å². The zero-order valence-electron chi connectivity index (χ0n) is 14.6. The number of alkyl halides is 3. The molecule has 0 bridgehead atoms. The molecule has 0 aliphatic heterocycles. The molecule has 6 nitrogen and oxygen atoms in total. The van der Waals surface area contributed by atoms with Gasteiger partial charge in [0.05, 0.1) is 31.2 Å². The molecule has 0 amide bonds. The Bertz CT molecular complexity index is 1120. The molecule has 2 N–H and O–H groups in total. The number of nitrogens with two attached hydrogens (primary N) is 1. The van der Waals surface area contributed by atoms with Crippen LogP contribution in [0.15, 0.2) is 28.5 Å². The predicted molar refractivity (Wildman–Crippen MR) is 100 cm³/mol. The molecule has 12 heteroatoms. The molecule has 0 fully saturated rings. The topological polar surface area (TPSA) is 95.2 Å². The van der Waals surface area contributed by atoms with Crippen molar-refractivity contribution >= 4 is 32.7 Å². The van der Waals surface area contributed by atoms with Gasteiger partial charge in [-0.2, -0.15) is 0 Å². The lowest BCUT2D eigenvalue weighted by Gasteiger charge is -2.13. The van der Waals surface area contributed by atoms with E-state index in [4.69, 9.17) is 5.14 Å². The van der Waals surface area contributed by atoms with Gasteiger partial charge in [0.25, 0.3) is 0 Å². The van der Waals surface area contributed by atoms with Gasteiger partial charge in [0.2, 0.25) is 10.0 Å². The van der Waals surface area contributed by atoms with Crippen LogP contribution in [0.2, 0.25) is 0 Å². The minimum atomic E-state index is -4.91. The summed E-state index contributed by atoms with van der Waals surface area (Å²) in [5.41, 5.74) is 1.50. The molecule has 0 spiro atoms. The van der Waals surface area contributed by atoms with Crippen molar-refractivity contribution in [3.63, 3.8) is 0 Å². The largest absolute Gasteiger partial charge is 0.573 e. The van der Waals surface area contributed by atoms with E-state index in [1.165, 1.54) is 22.7 Å². The fourth-order valence-corrected chi connectivity index (χ4v) is 4.85. The molecule has 0 aliphatic carbocycles. The zero-order chi connectivity index (χ0) is 20.7. The fourth-order valence-electron chi connectivity index (χ4n) is 2.52. The van der Waals surface area contributed by atoms with Gasteiger partial charge in [0.1, 0.15) is 5.75 Å². The summed E-state index contributed by atoms with van der Waals surface area (Å²) >= 11 is 2.72. The van der Waals surface area contributed by atoms with Gasteiger partial charge in [-0.25, -0.2) is 23.5 Å². The summed E-state index contributed by atoms with van der Waals surface area (Å²) in [6.07, 6.45) is -4.96. The molecule has 0 saturated heterocycles. The predicted octanol–water partition coefficient (Wildman–Crippen LogP) is 4.02. The Morgan fingerprint density at radius 1 is 1.21 bits per heavy atom. The number of aromatic nitrogens is 2. The second-order valence-corrected chi connectivity index (χ2v) is 9.52. The van der Waals surface area contributed by atoms with Gasteiger partial charge < -0.3 is 4.74 Å². The van der Waals surface area contributed by atoms with Crippen molar-refractivity contribution in [1.82, 2.24) is 9.97 Å². The molecule has 150 valence electrons. The second-order valence-electron chi connectivity index (χ2n) is 5.81. The molecule has 2 heterocycles. The van der Waals surface area contributed by atoms with E-state index in [0.29, 0.717) is 10.7 Å². The number of rotatable bonds is 5. The summed E-state index contributed by atoms with van der Waals surface area (Å²) in [7, 11) is -4.08. The number of sulfonamides is 1. The highest BCUT2D eigenvalue weighted by Gasteiger charge is 2.32. The summed E-state index contributed by atoms with van der Waals surface area (Å²) in [5, 5.41) is 8.24. The Balaban J connectivity index is 1.97. The number of hydrogen-bond acceptors (Lipinski definition) is 7. The van der Waals surface area contributed by atoms with Crippen molar-refractivity contribution < 1.29 is 26.3 Å². The van der Waals surface area contributed by atoms with Crippen molar-refractivity contribution in [3.05, 3.63) is 44.9 Å². The first-order valence-electron chi connectivity index (χ1n) is 7.72. The molecule has 3 rings (SSSR count). The SMILES string of the molecule is Cc1nc(C)c(-c2csc(Cc3cc(S(N)(=O)=O)ccc3OC(F)(F)F)n2)s1. The van der Waals surface area contributed by atoms with E-state index >= 15 is 0 Å². The molecular weight excluding hydrogens is 435 g/mol. The normalized spacial score (nSPS) is 12.4. The standard InChI is InChI=1S/C16H14F3N3O3S3/c1-8-15(27-9(2)21-8)12-7-26-14(22-12)6-10-5-11(28(20,23)24)3-4-13(10)25-16(17,18)19/h3-5,7H,6H2,1-2H3,(H2,20,23,24). The number of aryl methyl sites for hydroxylation is 2. The van der Waals surface area contributed by atoms with Gasteiger partial charge >= 0.3 is 6.36 Å². The smallest absolute Gasteiger partial charge is 0.405 e. The minimum absolute atomic E-state index is 0.0157. The Morgan fingerprint density at radius 3 is 2.50 bits per heavy atom. The molecule has 2 aromatic heterocycles. The number of hydrogen-bond donors (Lipinski definition) is 1. The number of nitrogens with zero attached hydrogens (tertiary/aromatic N) is 2. The van der Waals surface area contributed by atoms with Crippen LogP contribution in [0, 0.1) is 13.8 Å². The Hall–Kier alpha value is -2.02. The zero-order valence-corrected chi connectivity index (χ0v) is 17.0. The Kier molecular flexibility index (Phi) is 5.49. The Labute approximate surface area is 166 Å². The van der Waals surface area contributed by atoms with Crippen molar-refractivity contribution in [3.8, 4) is 16.3 Å². The van der Waals surface area contributed by atoms with Crippen LogP contribution in [0.4, 0.5) is 13.2 Å². The number of ether oxygens (including phenoxy) is 1. The van der Waals surface area contributed by atoms with E-state index in [9.17, 15) is 21.6 Å². The highest BCUT2D eigenvalue weighted by molar-refractivity contribution is 7.89. The number of benzene rings is 1. The molecule has 0 atom stereocenters. The van der Waals surface area contributed by atoms with Gasteiger partial charge in [-0.05, 0) is 32.0 Å². The molecule has 0 unspecified atom stereocenters. The quantitative estimate of drug-likeness (QED) is 0.635. The van der Waals surface area contributed by atoms with Gasteiger partial charge in [-0.15, -0.1) is 35.8 Å². The maximum Gasteiger partial charge on any atom is 0.573 e. The van der Waals surface area contributed by atoms with Crippen molar-refractivity contribution in [1.29, 1.82) is 0 Å². The molecule has 0 saturated carbocycles. The molecule has 3 aromatic rings. The molecule has 1 aromatic carbocycles. The third-order valence-electron chi connectivity index (χ3n) is 3.62. The lowest BCUT2D eigenvalue weighted by atomic mass is 10.1.